The number of carboxylic acids is 1. The van der Waals surface area contributed by atoms with E-state index in [1.807, 2.05) is 0 Å². The number of carbonyl (C=O) groups is 1. The van der Waals surface area contributed by atoms with Crippen molar-refractivity contribution in [3.05, 3.63) is 46.0 Å². The van der Waals surface area contributed by atoms with E-state index in [1.54, 1.807) is 6.07 Å². The first-order valence-electron chi connectivity index (χ1n) is 4.78. The standard InChI is InChI=1S/C11H11NO5/c1-8(11(13)14)6-7-17-10-5-3-2-4-9(10)12(15)16/h2-6H,7H2,1H3,(H,13,14). The fraction of sp³-hybridized carbons (Fsp3) is 0.182. The zero-order valence-electron chi connectivity index (χ0n) is 9.12. The molecule has 0 atom stereocenters. The van der Waals surface area contributed by atoms with Crippen molar-refractivity contribution in [3.8, 4) is 5.75 Å². The van der Waals surface area contributed by atoms with Gasteiger partial charge in [-0.25, -0.2) is 4.79 Å². The number of nitro benzene ring substituents is 1. The summed E-state index contributed by atoms with van der Waals surface area (Å²) in [6, 6.07) is 5.92. The zero-order chi connectivity index (χ0) is 12.8. The highest BCUT2D eigenvalue weighted by Gasteiger charge is 2.12. The number of nitro groups is 1. The molecule has 1 N–H and O–H groups in total. The minimum absolute atomic E-state index is 0.0248. The van der Waals surface area contributed by atoms with Crippen LogP contribution in [0.2, 0.25) is 0 Å². The largest absolute Gasteiger partial charge is 0.483 e. The van der Waals surface area contributed by atoms with Crippen molar-refractivity contribution in [1.29, 1.82) is 0 Å². The van der Waals surface area contributed by atoms with Crippen molar-refractivity contribution in [2.45, 2.75) is 6.92 Å². The molecule has 0 saturated carbocycles. The quantitative estimate of drug-likeness (QED) is 0.480. The van der Waals surface area contributed by atoms with Gasteiger partial charge in [-0.15, -0.1) is 0 Å². The normalized spacial score (nSPS) is 11.0. The molecule has 0 radical (unpaired) electrons. The maximum absolute atomic E-state index is 10.6. The molecule has 0 saturated heterocycles. The molecule has 90 valence electrons. The van der Waals surface area contributed by atoms with E-state index in [9.17, 15) is 14.9 Å². The number of aliphatic carboxylic acids is 1. The molecule has 0 bridgehead atoms. The highest BCUT2D eigenvalue weighted by molar-refractivity contribution is 5.85. The highest BCUT2D eigenvalue weighted by atomic mass is 16.6. The number of hydrogen-bond donors (Lipinski definition) is 1. The average molecular weight is 237 g/mol. The van der Waals surface area contributed by atoms with E-state index in [0.717, 1.165) is 0 Å². The summed E-state index contributed by atoms with van der Waals surface area (Å²) < 4.78 is 5.14. The molecule has 0 fully saturated rings. The fourth-order valence-electron chi connectivity index (χ4n) is 1.07. The van der Waals surface area contributed by atoms with Crippen LogP contribution in [0.5, 0.6) is 5.75 Å². The summed E-state index contributed by atoms with van der Waals surface area (Å²) in [4.78, 5) is 20.6. The second kappa shape index (κ2) is 5.64. The van der Waals surface area contributed by atoms with Crippen molar-refractivity contribution in [1.82, 2.24) is 0 Å². The van der Waals surface area contributed by atoms with Crippen LogP contribution in [-0.4, -0.2) is 22.6 Å². The van der Waals surface area contributed by atoms with E-state index < -0.39 is 10.9 Å². The molecule has 0 spiro atoms. The maximum Gasteiger partial charge on any atom is 0.331 e. The monoisotopic (exact) mass is 237 g/mol. The van der Waals surface area contributed by atoms with E-state index in [1.165, 1.54) is 31.2 Å². The Kier molecular flexibility index (Phi) is 4.21. The van der Waals surface area contributed by atoms with Crippen molar-refractivity contribution >= 4 is 11.7 Å². The van der Waals surface area contributed by atoms with E-state index in [-0.39, 0.29) is 23.6 Å². The summed E-state index contributed by atoms with van der Waals surface area (Å²) in [6.07, 6.45) is 1.35. The van der Waals surface area contributed by atoms with Gasteiger partial charge in [-0.1, -0.05) is 12.1 Å². The molecular formula is C11H11NO5. The first kappa shape index (κ1) is 12.7. The van der Waals surface area contributed by atoms with Gasteiger partial charge in [0, 0.05) is 11.6 Å². The molecule has 0 unspecified atom stereocenters. The van der Waals surface area contributed by atoms with Crippen LogP contribution in [0, 0.1) is 10.1 Å². The Morgan fingerprint density at radius 2 is 2.18 bits per heavy atom. The van der Waals surface area contributed by atoms with Crippen molar-refractivity contribution < 1.29 is 19.6 Å². The summed E-state index contributed by atoms with van der Waals surface area (Å²) in [5, 5.41) is 19.2. The Morgan fingerprint density at radius 3 is 2.76 bits per heavy atom. The Labute approximate surface area is 97.3 Å². The molecule has 6 heteroatoms. The maximum atomic E-state index is 10.6. The summed E-state index contributed by atoms with van der Waals surface area (Å²) in [5.41, 5.74) is -0.0162. The first-order chi connectivity index (χ1) is 8.02. The number of ether oxygens (including phenoxy) is 1. The molecule has 0 aliphatic carbocycles. The Hall–Kier alpha value is -2.37. The number of para-hydroxylation sites is 2. The van der Waals surface area contributed by atoms with Gasteiger partial charge < -0.3 is 9.84 Å². The molecule has 17 heavy (non-hydrogen) atoms. The van der Waals surface area contributed by atoms with Crippen LogP contribution in [0.25, 0.3) is 0 Å². The molecular weight excluding hydrogens is 226 g/mol. The minimum atomic E-state index is -1.05. The molecule has 6 nitrogen and oxygen atoms in total. The molecule has 0 aliphatic heterocycles. The lowest BCUT2D eigenvalue weighted by Gasteiger charge is -2.03. The van der Waals surface area contributed by atoms with Crippen LogP contribution in [0.4, 0.5) is 5.69 Å². The summed E-state index contributed by atoms with van der Waals surface area (Å²) in [5.74, 6) is -0.928. The summed E-state index contributed by atoms with van der Waals surface area (Å²) >= 11 is 0. The van der Waals surface area contributed by atoms with Gasteiger partial charge in [-0.2, -0.15) is 0 Å². The summed E-state index contributed by atoms with van der Waals surface area (Å²) in [6.45, 7) is 1.40. The van der Waals surface area contributed by atoms with Crippen LogP contribution in [-0.2, 0) is 4.79 Å². The third-order valence-electron chi connectivity index (χ3n) is 2.03. The number of benzene rings is 1. The van der Waals surface area contributed by atoms with Crippen LogP contribution in [0.3, 0.4) is 0 Å². The van der Waals surface area contributed by atoms with E-state index >= 15 is 0 Å². The lowest BCUT2D eigenvalue weighted by molar-refractivity contribution is -0.385. The van der Waals surface area contributed by atoms with E-state index in [4.69, 9.17) is 9.84 Å². The average Bonchev–Trinajstić information content (AvgIpc) is 2.29. The lowest BCUT2D eigenvalue weighted by Crippen LogP contribution is -2.02. The van der Waals surface area contributed by atoms with Gasteiger partial charge >= 0.3 is 11.7 Å². The van der Waals surface area contributed by atoms with Gasteiger partial charge in [0.15, 0.2) is 5.75 Å². The molecule has 0 amide bonds. The molecule has 0 aliphatic rings. The molecule has 1 aromatic rings. The predicted molar refractivity (Wildman–Crippen MR) is 60.0 cm³/mol. The smallest absolute Gasteiger partial charge is 0.331 e. The topological polar surface area (TPSA) is 89.7 Å². The second-order valence-corrected chi connectivity index (χ2v) is 3.23. The van der Waals surface area contributed by atoms with Crippen molar-refractivity contribution in [2.24, 2.45) is 0 Å². The van der Waals surface area contributed by atoms with Gasteiger partial charge in [-0.05, 0) is 19.1 Å². The Bertz CT molecular complexity index is 467. The van der Waals surface area contributed by atoms with Gasteiger partial charge in [0.1, 0.15) is 6.61 Å². The second-order valence-electron chi connectivity index (χ2n) is 3.23. The molecule has 0 heterocycles. The third-order valence-corrected chi connectivity index (χ3v) is 2.03. The van der Waals surface area contributed by atoms with Crippen molar-refractivity contribution in [3.63, 3.8) is 0 Å². The van der Waals surface area contributed by atoms with E-state index in [2.05, 4.69) is 0 Å². The van der Waals surface area contributed by atoms with Crippen LogP contribution >= 0.6 is 0 Å². The highest BCUT2D eigenvalue weighted by Crippen LogP contribution is 2.25. The minimum Gasteiger partial charge on any atom is -0.483 e. The lowest BCUT2D eigenvalue weighted by atomic mass is 10.3. The van der Waals surface area contributed by atoms with Gasteiger partial charge in [0.25, 0.3) is 0 Å². The molecule has 1 aromatic carbocycles. The molecule has 1 rings (SSSR count). The summed E-state index contributed by atoms with van der Waals surface area (Å²) in [7, 11) is 0. The van der Waals surface area contributed by atoms with Crippen LogP contribution in [0.15, 0.2) is 35.9 Å². The fourth-order valence-corrected chi connectivity index (χ4v) is 1.07. The number of carboxylic acid groups (broad SMARTS) is 1. The SMILES string of the molecule is CC(=CCOc1ccccc1[N+](=O)[O-])C(=O)O. The number of nitrogens with zero attached hydrogens (tertiary/aromatic N) is 1. The Balaban J connectivity index is 2.73. The van der Waals surface area contributed by atoms with Gasteiger partial charge in [0.05, 0.1) is 4.92 Å². The first-order valence-corrected chi connectivity index (χ1v) is 4.78. The number of hydrogen-bond acceptors (Lipinski definition) is 4. The van der Waals surface area contributed by atoms with Crippen molar-refractivity contribution in [2.75, 3.05) is 6.61 Å². The Morgan fingerprint density at radius 1 is 1.53 bits per heavy atom. The number of rotatable bonds is 5. The van der Waals surface area contributed by atoms with Gasteiger partial charge in [0.2, 0.25) is 0 Å². The van der Waals surface area contributed by atoms with Crippen LogP contribution < -0.4 is 4.74 Å². The zero-order valence-corrected chi connectivity index (χ0v) is 9.12. The predicted octanol–water partition coefficient (Wildman–Crippen LogP) is 2.00. The van der Waals surface area contributed by atoms with E-state index in [0.29, 0.717) is 0 Å². The third kappa shape index (κ3) is 3.60. The van der Waals surface area contributed by atoms with Crippen LogP contribution in [0.1, 0.15) is 6.92 Å². The van der Waals surface area contributed by atoms with Gasteiger partial charge in [-0.3, -0.25) is 10.1 Å². The molecule has 0 aromatic heterocycles.